The summed E-state index contributed by atoms with van der Waals surface area (Å²) in [6.07, 6.45) is 4.23. The third kappa shape index (κ3) is 4.56. The minimum atomic E-state index is -0.801. The summed E-state index contributed by atoms with van der Waals surface area (Å²) in [6.45, 7) is 10.2. The molecular formula is C27H33BrClN3O4S. The molecule has 1 aromatic carbocycles. The van der Waals surface area contributed by atoms with Crippen molar-refractivity contribution >= 4 is 62.7 Å². The highest BCUT2D eigenvalue weighted by molar-refractivity contribution is 9.09. The molecule has 10 heteroatoms. The highest BCUT2D eigenvalue weighted by atomic mass is 79.9. The summed E-state index contributed by atoms with van der Waals surface area (Å²) in [6, 6.07) is 4.67. The molecule has 3 unspecified atom stereocenters. The van der Waals surface area contributed by atoms with Gasteiger partial charge in [0, 0.05) is 43.4 Å². The Balaban J connectivity index is 1.82. The number of likely N-dealkylation sites (tertiary alicyclic amines) is 1. The van der Waals surface area contributed by atoms with Crippen molar-refractivity contribution in [1.82, 2.24) is 9.80 Å². The molecule has 1 spiro atoms. The number of carbonyl (C=O) groups excluding carboxylic acids is 3. The molecule has 4 rings (SSSR count). The van der Waals surface area contributed by atoms with Gasteiger partial charge in [-0.15, -0.1) is 24.9 Å². The Bertz CT molecular complexity index is 1100. The third-order valence-corrected chi connectivity index (χ3v) is 11.2. The lowest BCUT2D eigenvalue weighted by molar-refractivity contribution is -0.143. The Morgan fingerprint density at radius 2 is 2.00 bits per heavy atom. The highest BCUT2D eigenvalue weighted by Crippen LogP contribution is 2.68. The Kier molecular flexibility index (Phi) is 8.48. The molecule has 3 saturated heterocycles. The molecule has 3 amide bonds. The second-order valence-electron chi connectivity index (χ2n) is 9.92. The van der Waals surface area contributed by atoms with Crippen LogP contribution in [0.25, 0.3) is 0 Å². The average Bonchev–Trinajstić information content (AvgIpc) is 3.44. The molecule has 200 valence electrons. The summed E-state index contributed by atoms with van der Waals surface area (Å²) in [5, 5.41) is 9.90. The molecule has 3 aliphatic heterocycles. The molecule has 1 aromatic rings. The number of aliphatic hydroxyl groups is 1. The van der Waals surface area contributed by atoms with Gasteiger partial charge in [-0.2, -0.15) is 0 Å². The first-order valence-electron chi connectivity index (χ1n) is 12.4. The number of amides is 3. The van der Waals surface area contributed by atoms with Crippen molar-refractivity contribution in [3.8, 4) is 0 Å². The van der Waals surface area contributed by atoms with Crippen LogP contribution >= 0.6 is 39.3 Å². The van der Waals surface area contributed by atoms with Gasteiger partial charge in [-0.25, -0.2) is 0 Å². The first kappa shape index (κ1) is 28.2. The topological polar surface area (TPSA) is 81.2 Å². The number of anilines is 1. The minimum absolute atomic E-state index is 0.0179. The quantitative estimate of drug-likeness (QED) is 0.323. The van der Waals surface area contributed by atoms with Gasteiger partial charge in [0.25, 0.3) is 5.91 Å². The van der Waals surface area contributed by atoms with E-state index in [4.69, 9.17) is 11.6 Å². The summed E-state index contributed by atoms with van der Waals surface area (Å²) in [5.74, 6) is -1.72. The van der Waals surface area contributed by atoms with Crippen molar-refractivity contribution in [1.29, 1.82) is 0 Å². The van der Waals surface area contributed by atoms with Crippen LogP contribution in [-0.2, 0) is 14.4 Å². The number of carbonyl (C=O) groups is 3. The van der Waals surface area contributed by atoms with Gasteiger partial charge in [0.15, 0.2) is 0 Å². The monoisotopic (exact) mass is 609 g/mol. The fraction of sp³-hybridized carbons (Fsp3) is 0.519. The van der Waals surface area contributed by atoms with E-state index in [2.05, 4.69) is 29.1 Å². The number of hydrogen-bond donors (Lipinski definition) is 1. The fourth-order valence-corrected chi connectivity index (χ4v) is 10.2. The molecular weight excluding hydrogens is 578 g/mol. The van der Waals surface area contributed by atoms with Crippen LogP contribution in [0.4, 0.5) is 5.69 Å². The third-order valence-electron chi connectivity index (χ3n) is 7.68. The van der Waals surface area contributed by atoms with Gasteiger partial charge in [-0.1, -0.05) is 51.8 Å². The first-order valence-corrected chi connectivity index (χ1v) is 14.6. The molecule has 6 atom stereocenters. The lowest BCUT2D eigenvalue weighted by Gasteiger charge is -2.38. The largest absolute Gasteiger partial charge is 0.396 e. The maximum Gasteiger partial charge on any atom is 0.251 e. The normalized spacial score (nSPS) is 29.8. The number of aliphatic hydroxyl groups excluding tert-OH is 1. The first-order chi connectivity index (χ1) is 17.6. The molecule has 0 aliphatic carbocycles. The molecule has 3 fully saturated rings. The fourth-order valence-electron chi connectivity index (χ4n) is 6.24. The molecule has 3 aliphatic rings. The zero-order valence-corrected chi connectivity index (χ0v) is 24.3. The van der Waals surface area contributed by atoms with Crippen LogP contribution in [0.2, 0.25) is 5.02 Å². The van der Waals surface area contributed by atoms with Crippen LogP contribution in [0.5, 0.6) is 0 Å². The van der Waals surface area contributed by atoms with Crippen molar-refractivity contribution in [3.05, 3.63) is 54.1 Å². The van der Waals surface area contributed by atoms with E-state index in [0.717, 1.165) is 5.56 Å². The number of nitrogens with zero attached hydrogens (tertiary/aromatic N) is 3. The predicted molar refractivity (Wildman–Crippen MR) is 152 cm³/mol. The van der Waals surface area contributed by atoms with E-state index < -0.39 is 22.6 Å². The number of benzene rings is 1. The maximum atomic E-state index is 14.5. The number of fused-ring (bicyclic) bond motifs is 1. The second kappa shape index (κ2) is 11.1. The van der Waals surface area contributed by atoms with Gasteiger partial charge in [-0.3, -0.25) is 14.4 Å². The van der Waals surface area contributed by atoms with E-state index in [-0.39, 0.29) is 47.5 Å². The number of thioether (sulfide) groups is 1. The molecule has 0 aromatic heterocycles. The Labute approximate surface area is 236 Å². The van der Waals surface area contributed by atoms with Crippen LogP contribution in [0, 0.1) is 18.8 Å². The van der Waals surface area contributed by atoms with Gasteiger partial charge in [0.2, 0.25) is 11.8 Å². The van der Waals surface area contributed by atoms with E-state index in [9.17, 15) is 19.5 Å². The van der Waals surface area contributed by atoms with Gasteiger partial charge < -0.3 is 19.8 Å². The number of halogens is 2. The van der Waals surface area contributed by atoms with E-state index in [0.29, 0.717) is 30.1 Å². The lowest BCUT2D eigenvalue weighted by atomic mass is 9.70. The molecule has 3 heterocycles. The van der Waals surface area contributed by atoms with Gasteiger partial charge in [-0.05, 0) is 31.4 Å². The van der Waals surface area contributed by atoms with Crippen molar-refractivity contribution in [3.63, 3.8) is 0 Å². The minimum Gasteiger partial charge on any atom is -0.396 e. The van der Waals surface area contributed by atoms with E-state index >= 15 is 0 Å². The van der Waals surface area contributed by atoms with E-state index in [1.165, 1.54) is 0 Å². The van der Waals surface area contributed by atoms with Crippen molar-refractivity contribution < 1.29 is 19.5 Å². The summed E-state index contributed by atoms with van der Waals surface area (Å²) in [4.78, 5) is 47.0. The van der Waals surface area contributed by atoms with Crippen LogP contribution in [0.15, 0.2) is 43.5 Å². The number of rotatable bonds is 10. The van der Waals surface area contributed by atoms with Crippen LogP contribution in [0.3, 0.4) is 0 Å². The number of alkyl halides is 1. The summed E-state index contributed by atoms with van der Waals surface area (Å²) < 4.78 is -0.771. The molecule has 2 bridgehead atoms. The molecule has 37 heavy (non-hydrogen) atoms. The van der Waals surface area contributed by atoms with Gasteiger partial charge in [0.05, 0.1) is 27.3 Å². The molecule has 0 saturated carbocycles. The summed E-state index contributed by atoms with van der Waals surface area (Å²) in [5.41, 5.74) is 1.43. The van der Waals surface area contributed by atoms with Crippen molar-refractivity contribution in [2.45, 2.75) is 40.6 Å². The van der Waals surface area contributed by atoms with E-state index in [1.54, 1.807) is 51.7 Å². The van der Waals surface area contributed by atoms with Gasteiger partial charge in [0.1, 0.15) is 6.04 Å². The Morgan fingerprint density at radius 3 is 2.62 bits per heavy atom. The smallest absolute Gasteiger partial charge is 0.251 e. The SMILES string of the molecule is C=CCN(C)C(=O)[C@H]1[C@@H]2SC3(CC2Br)C(C(=O)N(CC=C)c2c(C)cccc2Cl)N(CCCO)C(=O)[C@H]13. The van der Waals surface area contributed by atoms with Crippen LogP contribution < -0.4 is 4.90 Å². The number of para-hydroxylation sites is 1. The number of hydrogen-bond acceptors (Lipinski definition) is 5. The van der Waals surface area contributed by atoms with Crippen LogP contribution in [0.1, 0.15) is 18.4 Å². The summed E-state index contributed by atoms with van der Waals surface area (Å²) >= 11 is 12.0. The molecule has 0 radical (unpaired) electrons. The average molecular weight is 611 g/mol. The zero-order valence-electron chi connectivity index (χ0n) is 21.1. The summed E-state index contributed by atoms with van der Waals surface area (Å²) in [7, 11) is 1.72. The van der Waals surface area contributed by atoms with Gasteiger partial charge >= 0.3 is 0 Å². The molecule has 1 N–H and O–H groups in total. The number of aryl methyl sites for hydroxylation is 1. The Hall–Kier alpha value is -1.81. The molecule has 7 nitrogen and oxygen atoms in total. The predicted octanol–water partition coefficient (Wildman–Crippen LogP) is 3.66. The second-order valence-corrected chi connectivity index (χ2v) is 13.0. The maximum absolute atomic E-state index is 14.5. The van der Waals surface area contributed by atoms with Crippen molar-refractivity contribution in [2.75, 3.05) is 38.2 Å². The van der Waals surface area contributed by atoms with Crippen molar-refractivity contribution in [2.24, 2.45) is 11.8 Å². The highest BCUT2D eigenvalue weighted by Gasteiger charge is 2.76. The van der Waals surface area contributed by atoms with Crippen LogP contribution in [-0.4, -0.2) is 86.8 Å². The van der Waals surface area contributed by atoms with E-state index in [1.807, 2.05) is 19.1 Å². The zero-order chi connectivity index (χ0) is 27.1. The lowest BCUT2D eigenvalue weighted by Crippen LogP contribution is -2.56. The number of likely N-dealkylation sites (N-methyl/N-ethyl adjacent to an activating group) is 1. The standard InChI is InChI=1S/C27H33BrClN3O4S/c1-5-11-30(4)24(34)19-20-25(35)32(13-8-14-33)23(27(20)15-17(28)22(19)37-27)26(36)31(12-6-2)21-16(3)9-7-10-18(21)29/h5-7,9-10,17,19-20,22-23,33H,1-2,8,11-15H2,3-4H3/t17?,19-,20+,22-,23?,27?/m1/s1. The Morgan fingerprint density at radius 1 is 1.30 bits per heavy atom.